The number of carbonyl (C=O) groups is 2. The van der Waals surface area contributed by atoms with Gasteiger partial charge in [0.2, 0.25) is 5.91 Å². The van der Waals surface area contributed by atoms with Gasteiger partial charge in [-0.1, -0.05) is 20.8 Å². The van der Waals surface area contributed by atoms with Gasteiger partial charge in [-0.25, -0.2) is 4.79 Å². The van der Waals surface area contributed by atoms with Gasteiger partial charge < -0.3 is 10.4 Å². The molecule has 3 atom stereocenters. The zero-order valence-corrected chi connectivity index (χ0v) is 9.33. The summed E-state index contributed by atoms with van der Waals surface area (Å²) in [5, 5.41) is 11.7. The number of carboxylic acid groups (broad SMARTS) is 1. The van der Waals surface area contributed by atoms with Gasteiger partial charge in [0.1, 0.15) is 6.04 Å². The van der Waals surface area contributed by atoms with Gasteiger partial charge in [-0.15, -0.1) is 0 Å². The molecule has 84 valence electrons. The van der Waals surface area contributed by atoms with Crippen LogP contribution >= 0.6 is 0 Å². The van der Waals surface area contributed by atoms with Crippen molar-refractivity contribution in [2.45, 2.75) is 39.7 Å². The number of rotatable bonds is 1. The van der Waals surface area contributed by atoms with E-state index in [9.17, 15) is 9.59 Å². The van der Waals surface area contributed by atoms with E-state index in [0.29, 0.717) is 0 Å². The SMILES string of the molecule is CC1(C)[C@H]2CC[C@]1(C)C(=O)N[C@@H]2C(=O)O. The quantitative estimate of drug-likeness (QED) is 0.680. The molecule has 2 bridgehead atoms. The smallest absolute Gasteiger partial charge is 0.326 e. The Morgan fingerprint density at radius 1 is 1.47 bits per heavy atom. The second-order valence-corrected chi connectivity index (χ2v) is 5.49. The number of carbonyl (C=O) groups excluding carboxylic acids is 1. The number of hydrogen-bond acceptors (Lipinski definition) is 2. The number of carboxylic acids is 1. The molecule has 1 aliphatic carbocycles. The van der Waals surface area contributed by atoms with Gasteiger partial charge >= 0.3 is 5.97 Å². The van der Waals surface area contributed by atoms with Crippen molar-refractivity contribution in [2.24, 2.45) is 16.7 Å². The summed E-state index contributed by atoms with van der Waals surface area (Å²) < 4.78 is 0. The van der Waals surface area contributed by atoms with Gasteiger partial charge in [0.15, 0.2) is 0 Å². The molecule has 1 amide bonds. The summed E-state index contributed by atoms with van der Waals surface area (Å²) >= 11 is 0. The van der Waals surface area contributed by atoms with Crippen LogP contribution in [-0.2, 0) is 9.59 Å². The van der Waals surface area contributed by atoms with Gasteiger partial charge in [0, 0.05) is 0 Å². The van der Waals surface area contributed by atoms with Crippen molar-refractivity contribution >= 4 is 11.9 Å². The molecule has 1 aliphatic heterocycles. The Morgan fingerprint density at radius 2 is 2.07 bits per heavy atom. The summed E-state index contributed by atoms with van der Waals surface area (Å²) in [4.78, 5) is 23.0. The fourth-order valence-corrected chi connectivity index (χ4v) is 3.16. The van der Waals surface area contributed by atoms with Crippen LogP contribution in [0.15, 0.2) is 0 Å². The first-order valence-corrected chi connectivity index (χ1v) is 5.34. The zero-order valence-electron chi connectivity index (χ0n) is 9.33. The standard InChI is InChI=1S/C11H17NO3/c1-10(2)6-4-5-11(10,3)9(15)12-7(6)8(13)14/h6-7H,4-5H2,1-3H3,(H,12,15)(H,13,14)/t6-,7-,11+/m0/s1. The molecule has 4 heteroatoms. The van der Waals surface area contributed by atoms with Gasteiger partial charge in [-0.3, -0.25) is 4.79 Å². The summed E-state index contributed by atoms with van der Waals surface area (Å²) in [6.07, 6.45) is 1.61. The van der Waals surface area contributed by atoms with Crippen molar-refractivity contribution in [1.29, 1.82) is 0 Å². The lowest BCUT2D eigenvalue weighted by Gasteiger charge is -2.47. The highest BCUT2D eigenvalue weighted by Gasteiger charge is 2.62. The van der Waals surface area contributed by atoms with Gasteiger partial charge in [0.25, 0.3) is 0 Å². The van der Waals surface area contributed by atoms with E-state index < -0.39 is 17.4 Å². The lowest BCUT2D eigenvalue weighted by atomic mass is 9.61. The lowest BCUT2D eigenvalue weighted by molar-refractivity contribution is -0.154. The monoisotopic (exact) mass is 211 g/mol. The second kappa shape index (κ2) is 2.74. The van der Waals surface area contributed by atoms with Gasteiger partial charge in [-0.05, 0) is 24.2 Å². The molecule has 2 fully saturated rings. The third kappa shape index (κ3) is 1.08. The van der Waals surface area contributed by atoms with Crippen LogP contribution in [0.25, 0.3) is 0 Å². The molecule has 4 nitrogen and oxygen atoms in total. The van der Waals surface area contributed by atoms with Crippen molar-refractivity contribution in [3.05, 3.63) is 0 Å². The van der Waals surface area contributed by atoms with Gasteiger partial charge in [0.05, 0.1) is 5.41 Å². The van der Waals surface area contributed by atoms with Crippen molar-refractivity contribution in [1.82, 2.24) is 5.32 Å². The van der Waals surface area contributed by atoms with Crippen LogP contribution in [-0.4, -0.2) is 23.0 Å². The summed E-state index contributed by atoms with van der Waals surface area (Å²) in [6, 6.07) is -0.705. The predicted molar refractivity (Wildman–Crippen MR) is 54.2 cm³/mol. The number of piperidine rings is 1. The van der Waals surface area contributed by atoms with E-state index >= 15 is 0 Å². The molecule has 0 radical (unpaired) electrons. The molecule has 2 aliphatic rings. The van der Waals surface area contributed by atoms with E-state index in [-0.39, 0.29) is 17.2 Å². The Labute approximate surface area is 89.0 Å². The number of fused-ring (bicyclic) bond motifs is 2. The third-order valence-electron chi connectivity index (χ3n) is 4.76. The van der Waals surface area contributed by atoms with E-state index in [2.05, 4.69) is 5.32 Å². The van der Waals surface area contributed by atoms with E-state index in [0.717, 1.165) is 12.8 Å². The topological polar surface area (TPSA) is 66.4 Å². The number of amides is 1. The maximum Gasteiger partial charge on any atom is 0.326 e. The fraction of sp³-hybridized carbons (Fsp3) is 0.818. The summed E-state index contributed by atoms with van der Waals surface area (Å²) in [5.41, 5.74) is -0.623. The molecule has 0 aromatic carbocycles. The van der Waals surface area contributed by atoms with E-state index in [1.807, 2.05) is 20.8 Å². The summed E-state index contributed by atoms with van der Waals surface area (Å²) in [6.45, 7) is 5.97. The molecule has 1 heterocycles. The maximum atomic E-state index is 11.9. The Morgan fingerprint density at radius 3 is 2.60 bits per heavy atom. The van der Waals surface area contributed by atoms with E-state index in [1.165, 1.54) is 0 Å². The third-order valence-corrected chi connectivity index (χ3v) is 4.76. The molecule has 15 heavy (non-hydrogen) atoms. The Hall–Kier alpha value is -1.06. The zero-order chi connectivity index (χ0) is 11.4. The van der Waals surface area contributed by atoms with Crippen molar-refractivity contribution in [2.75, 3.05) is 0 Å². The Bertz CT molecular complexity index is 337. The van der Waals surface area contributed by atoms with Crippen molar-refractivity contribution in [3.8, 4) is 0 Å². The largest absolute Gasteiger partial charge is 0.480 e. The molecular formula is C11H17NO3. The van der Waals surface area contributed by atoms with Crippen LogP contribution in [0.1, 0.15) is 33.6 Å². The first-order chi connectivity index (χ1) is 6.80. The molecule has 0 spiro atoms. The predicted octanol–water partition coefficient (Wildman–Crippen LogP) is 1.01. The van der Waals surface area contributed by atoms with Crippen LogP contribution in [0.3, 0.4) is 0 Å². The normalized spacial score (nSPS) is 42.5. The minimum atomic E-state index is -0.912. The molecular weight excluding hydrogens is 194 g/mol. The van der Waals surface area contributed by atoms with Crippen LogP contribution < -0.4 is 5.32 Å². The molecule has 1 saturated carbocycles. The molecule has 0 unspecified atom stereocenters. The molecule has 1 saturated heterocycles. The van der Waals surface area contributed by atoms with Crippen LogP contribution in [0.5, 0.6) is 0 Å². The van der Waals surface area contributed by atoms with Crippen molar-refractivity contribution < 1.29 is 14.7 Å². The Kier molecular flexibility index (Phi) is 1.91. The van der Waals surface area contributed by atoms with Gasteiger partial charge in [-0.2, -0.15) is 0 Å². The minimum absolute atomic E-state index is 0.0534. The average molecular weight is 211 g/mol. The summed E-state index contributed by atoms with van der Waals surface area (Å²) in [5.74, 6) is -0.961. The molecule has 0 aromatic heterocycles. The highest BCUT2D eigenvalue weighted by atomic mass is 16.4. The number of hydrogen-bond donors (Lipinski definition) is 2. The fourth-order valence-electron chi connectivity index (χ4n) is 3.16. The molecule has 2 rings (SSSR count). The average Bonchev–Trinajstić information content (AvgIpc) is 2.29. The van der Waals surface area contributed by atoms with E-state index in [4.69, 9.17) is 5.11 Å². The maximum absolute atomic E-state index is 11.9. The first-order valence-electron chi connectivity index (χ1n) is 5.34. The van der Waals surface area contributed by atoms with Crippen LogP contribution in [0.2, 0.25) is 0 Å². The number of nitrogens with one attached hydrogen (secondary N) is 1. The number of aliphatic carboxylic acids is 1. The second-order valence-electron chi connectivity index (χ2n) is 5.49. The molecule has 2 N–H and O–H groups in total. The van der Waals surface area contributed by atoms with E-state index in [1.54, 1.807) is 0 Å². The summed E-state index contributed by atoms with van der Waals surface area (Å²) in [7, 11) is 0. The Balaban J connectivity index is 2.44. The minimum Gasteiger partial charge on any atom is -0.480 e. The van der Waals surface area contributed by atoms with Crippen LogP contribution in [0.4, 0.5) is 0 Å². The highest BCUT2D eigenvalue weighted by Crippen LogP contribution is 2.59. The highest BCUT2D eigenvalue weighted by molar-refractivity contribution is 5.90. The lowest BCUT2D eigenvalue weighted by Crippen LogP contribution is -2.61. The van der Waals surface area contributed by atoms with Crippen LogP contribution in [0, 0.1) is 16.7 Å². The van der Waals surface area contributed by atoms with Crippen molar-refractivity contribution in [3.63, 3.8) is 0 Å². The first kappa shape index (κ1) is 10.5. The molecule has 0 aromatic rings.